The van der Waals surface area contributed by atoms with Crippen LogP contribution in [0.25, 0.3) is 0 Å². The molecule has 0 unspecified atom stereocenters. The summed E-state index contributed by atoms with van der Waals surface area (Å²) < 4.78 is 0. The standard InChI is InChI=1S/CH2O3.CH4.Ba.Ca.2H/c2-1(3)4;;;;;/h(H2,2,3,4);1H4;;;;. The molecule has 0 aromatic carbocycles. The van der Waals surface area contributed by atoms with Crippen LogP contribution in [-0.4, -0.2) is 103 Å². The molecule has 3 nitrogen and oxygen atoms in total. The molecule has 0 saturated carbocycles. The first-order valence-corrected chi connectivity index (χ1v) is 0.651. The SMILES string of the molecule is C.O=C(O)O.[Ba].[CaH2]. The summed E-state index contributed by atoms with van der Waals surface area (Å²) in [5.74, 6) is 0. The minimum atomic E-state index is -1.83. The summed E-state index contributed by atoms with van der Waals surface area (Å²) in [6.45, 7) is 0. The van der Waals surface area contributed by atoms with E-state index in [1.54, 1.807) is 0 Å². The Morgan fingerprint density at radius 2 is 1.29 bits per heavy atom. The van der Waals surface area contributed by atoms with Crippen LogP contribution in [-0.2, 0) is 0 Å². The van der Waals surface area contributed by atoms with E-state index >= 15 is 0 Å². The van der Waals surface area contributed by atoms with E-state index in [9.17, 15) is 0 Å². The van der Waals surface area contributed by atoms with Crippen LogP contribution in [0, 0.1) is 0 Å². The Morgan fingerprint density at radius 1 is 1.29 bits per heavy atom. The van der Waals surface area contributed by atoms with Crippen molar-refractivity contribution in [3.8, 4) is 0 Å². The zero-order valence-electron chi connectivity index (χ0n) is 2.51. The van der Waals surface area contributed by atoms with Crippen LogP contribution in [0.5, 0.6) is 0 Å². The monoisotopic (exact) mass is 258 g/mol. The van der Waals surface area contributed by atoms with E-state index in [1.807, 2.05) is 0 Å². The van der Waals surface area contributed by atoms with E-state index in [-0.39, 0.29) is 94.0 Å². The van der Waals surface area contributed by atoms with Gasteiger partial charge in [-0.1, -0.05) is 7.43 Å². The van der Waals surface area contributed by atoms with Gasteiger partial charge >= 0.3 is 43.9 Å². The van der Waals surface area contributed by atoms with Crippen LogP contribution >= 0.6 is 0 Å². The van der Waals surface area contributed by atoms with E-state index in [0.29, 0.717) is 0 Å². The Morgan fingerprint density at radius 3 is 1.29 bits per heavy atom. The number of hydrogen-bond acceptors (Lipinski definition) is 1. The number of rotatable bonds is 0. The van der Waals surface area contributed by atoms with Crippen molar-refractivity contribution in [2.24, 2.45) is 0 Å². The average Bonchev–Trinajstić information content (AvgIpc) is 0.811. The predicted molar refractivity (Wildman–Crippen MR) is 31.7 cm³/mol. The Kier molecular flexibility index (Phi) is 51.5. The van der Waals surface area contributed by atoms with Gasteiger partial charge < -0.3 is 10.2 Å². The molecular weight excluding hydrogens is 249 g/mol. The number of hydrogen-bond donors (Lipinski definition) is 2. The van der Waals surface area contributed by atoms with Crippen molar-refractivity contribution in [1.82, 2.24) is 0 Å². The molecule has 7 heavy (non-hydrogen) atoms. The zero-order valence-corrected chi connectivity index (χ0v) is 6.95. The number of carboxylic acid groups (broad SMARTS) is 2. The molecule has 0 bridgehead atoms. The first-order valence-electron chi connectivity index (χ1n) is 0.651. The first-order chi connectivity index (χ1) is 1.73. The van der Waals surface area contributed by atoms with Crippen LogP contribution in [0.1, 0.15) is 7.43 Å². The quantitative estimate of drug-likeness (QED) is 0.579. The van der Waals surface area contributed by atoms with Gasteiger partial charge in [-0.25, -0.2) is 4.79 Å². The second-order valence-corrected chi connectivity index (χ2v) is 0.283. The van der Waals surface area contributed by atoms with E-state index in [2.05, 4.69) is 0 Å². The normalized spacial score (nSPS) is 3.43. The second kappa shape index (κ2) is 15.7. The van der Waals surface area contributed by atoms with Gasteiger partial charge in [-0.2, -0.15) is 0 Å². The van der Waals surface area contributed by atoms with Crippen LogP contribution in [0.2, 0.25) is 0 Å². The third kappa shape index (κ3) is 68.3. The Balaban J connectivity index is -0.0000000150. The Bertz CT molecular complexity index is 35.9. The summed E-state index contributed by atoms with van der Waals surface area (Å²) in [7, 11) is 0. The molecule has 0 aliphatic heterocycles. The van der Waals surface area contributed by atoms with Crippen molar-refractivity contribution < 1.29 is 15.0 Å². The van der Waals surface area contributed by atoms with Crippen molar-refractivity contribution in [3.63, 3.8) is 0 Å². The fraction of sp³-hybridized carbons (Fsp3) is 0.500. The first kappa shape index (κ1) is 23.0. The van der Waals surface area contributed by atoms with E-state index in [1.165, 1.54) is 0 Å². The predicted octanol–water partition coefficient (Wildman–Crippen LogP) is -0.439. The van der Waals surface area contributed by atoms with E-state index in [0.717, 1.165) is 0 Å². The molecule has 0 aromatic heterocycles. The second-order valence-electron chi connectivity index (χ2n) is 0.283. The fourth-order valence-electron chi connectivity index (χ4n) is 0. The maximum absolute atomic E-state index is 8.56. The van der Waals surface area contributed by atoms with Gasteiger partial charge in [0.15, 0.2) is 0 Å². The molecule has 0 aliphatic rings. The molecular formula is C2H8BaCaO3. The number of carbonyl (C=O) groups is 1. The maximum atomic E-state index is 8.56. The molecule has 0 amide bonds. The summed E-state index contributed by atoms with van der Waals surface area (Å²) in [6, 6.07) is 0. The summed E-state index contributed by atoms with van der Waals surface area (Å²) in [5.41, 5.74) is 0. The molecule has 0 heterocycles. The summed E-state index contributed by atoms with van der Waals surface area (Å²) >= 11 is 0. The van der Waals surface area contributed by atoms with Gasteiger partial charge in [-0.3, -0.25) is 0 Å². The molecule has 5 heteroatoms. The molecule has 0 rings (SSSR count). The van der Waals surface area contributed by atoms with E-state index < -0.39 is 6.16 Å². The van der Waals surface area contributed by atoms with Gasteiger partial charge in [0.25, 0.3) is 0 Å². The van der Waals surface area contributed by atoms with Crippen molar-refractivity contribution >= 4 is 92.8 Å². The third-order valence-electron chi connectivity index (χ3n) is 0. The van der Waals surface area contributed by atoms with E-state index in [4.69, 9.17) is 15.0 Å². The van der Waals surface area contributed by atoms with Crippen molar-refractivity contribution in [1.29, 1.82) is 0 Å². The van der Waals surface area contributed by atoms with Crippen molar-refractivity contribution in [2.45, 2.75) is 7.43 Å². The van der Waals surface area contributed by atoms with Crippen molar-refractivity contribution in [2.75, 3.05) is 0 Å². The molecule has 0 spiro atoms. The van der Waals surface area contributed by atoms with Crippen LogP contribution in [0.15, 0.2) is 0 Å². The van der Waals surface area contributed by atoms with Crippen LogP contribution in [0.4, 0.5) is 4.79 Å². The Hall–Kier alpha value is 2.10. The molecule has 0 saturated heterocycles. The average molecular weight is 257 g/mol. The van der Waals surface area contributed by atoms with Gasteiger partial charge in [0.2, 0.25) is 0 Å². The molecule has 0 aliphatic carbocycles. The van der Waals surface area contributed by atoms with Gasteiger partial charge in [0, 0.05) is 48.9 Å². The third-order valence-corrected chi connectivity index (χ3v) is 0. The molecule has 0 atom stereocenters. The van der Waals surface area contributed by atoms with Gasteiger partial charge in [0.1, 0.15) is 0 Å². The van der Waals surface area contributed by atoms with Gasteiger partial charge in [-0.05, 0) is 0 Å². The molecule has 0 fully saturated rings. The molecule has 0 aromatic rings. The van der Waals surface area contributed by atoms with Crippen LogP contribution < -0.4 is 0 Å². The van der Waals surface area contributed by atoms with Crippen molar-refractivity contribution in [3.05, 3.63) is 0 Å². The fourth-order valence-corrected chi connectivity index (χ4v) is 0. The topological polar surface area (TPSA) is 57.5 Å². The molecule has 38 valence electrons. The minimum absolute atomic E-state index is 0. The zero-order chi connectivity index (χ0) is 3.58. The van der Waals surface area contributed by atoms with Gasteiger partial charge in [-0.15, -0.1) is 0 Å². The van der Waals surface area contributed by atoms with Crippen LogP contribution in [0.3, 0.4) is 0 Å². The summed E-state index contributed by atoms with van der Waals surface area (Å²) in [6.07, 6.45) is -1.83. The molecule has 2 N–H and O–H groups in total. The Labute approximate surface area is 113 Å². The summed E-state index contributed by atoms with van der Waals surface area (Å²) in [5, 5.41) is 13.9. The summed E-state index contributed by atoms with van der Waals surface area (Å²) in [4.78, 5) is 8.56. The van der Waals surface area contributed by atoms with Gasteiger partial charge in [0.05, 0.1) is 0 Å². The molecule has 2 radical (unpaired) electrons.